The summed E-state index contributed by atoms with van der Waals surface area (Å²) in [5, 5.41) is 0. The van der Waals surface area contributed by atoms with Crippen molar-refractivity contribution in [3.8, 4) is 0 Å². The fraction of sp³-hybridized carbons (Fsp3) is 0.571. The molecule has 0 bridgehead atoms. The van der Waals surface area contributed by atoms with Crippen LogP contribution in [-0.4, -0.2) is 28.5 Å². The number of thioether (sulfide) groups is 1. The molecule has 1 aromatic rings. The zero-order valence-electron chi connectivity index (χ0n) is 11.1. The number of hydrogen-bond acceptors (Lipinski definition) is 3. The van der Waals surface area contributed by atoms with E-state index in [9.17, 15) is 4.39 Å². The summed E-state index contributed by atoms with van der Waals surface area (Å²) in [5.41, 5.74) is 7.45. The second-order valence-corrected chi connectivity index (χ2v) is 7.28. The van der Waals surface area contributed by atoms with Gasteiger partial charge in [-0.05, 0) is 30.7 Å². The Labute approximate surface area is 113 Å². The number of nitrogens with two attached hydrogens (primary N) is 1. The van der Waals surface area contributed by atoms with Crippen molar-refractivity contribution in [2.24, 2.45) is 0 Å². The zero-order chi connectivity index (χ0) is 13.2. The van der Waals surface area contributed by atoms with Crippen molar-refractivity contribution >= 4 is 17.4 Å². The third kappa shape index (κ3) is 3.62. The summed E-state index contributed by atoms with van der Waals surface area (Å²) in [4.78, 5) is 2.41. The normalized spacial score (nSPS) is 20.6. The Bertz CT molecular complexity index is 420. The lowest BCUT2D eigenvalue weighted by Gasteiger charge is -2.23. The lowest BCUT2D eigenvalue weighted by molar-refractivity contribution is 0.277. The third-order valence-corrected chi connectivity index (χ3v) is 4.80. The Morgan fingerprint density at radius 1 is 1.39 bits per heavy atom. The summed E-state index contributed by atoms with van der Waals surface area (Å²) in [7, 11) is 0. The maximum atomic E-state index is 13.0. The number of halogens is 1. The van der Waals surface area contributed by atoms with Gasteiger partial charge in [0.25, 0.3) is 0 Å². The molecular weight excluding hydrogens is 247 g/mol. The van der Waals surface area contributed by atoms with Gasteiger partial charge in [0.05, 0.1) is 0 Å². The summed E-state index contributed by atoms with van der Waals surface area (Å²) in [5.74, 6) is 0.887. The Kier molecular flexibility index (Phi) is 4.17. The first-order valence-corrected chi connectivity index (χ1v) is 7.35. The van der Waals surface area contributed by atoms with Crippen molar-refractivity contribution in [3.63, 3.8) is 0 Å². The summed E-state index contributed by atoms with van der Waals surface area (Å²) in [6.45, 7) is 7.57. The minimum Gasteiger partial charge on any atom is -0.398 e. The largest absolute Gasteiger partial charge is 0.398 e. The van der Waals surface area contributed by atoms with E-state index < -0.39 is 0 Å². The molecule has 4 heteroatoms. The van der Waals surface area contributed by atoms with Crippen molar-refractivity contribution in [1.29, 1.82) is 0 Å². The summed E-state index contributed by atoms with van der Waals surface area (Å²) in [6.07, 6.45) is 1.18. The second kappa shape index (κ2) is 5.49. The molecular formula is C14H21FN2S. The van der Waals surface area contributed by atoms with Crippen molar-refractivity contribution in [1.82, 2.24) is 4.90 Å². The molecule has 0 aromatic heterocycles. The third-order valence-electron chi connectivity index (χ3n) is 3.43. The second-order valence-electron chi connectivity index (χ2n) is 5.48. The Morgan fingerprint density at radius 2 is 2.17 bits per heavy atom. The first-order chi connectivity index (χ1) is 8.46. The van der Waals surface area contributed by atoms with E-state index in [1.165, 1.54) is 18.6 Å². The molecule has 0 amide bonds. The lowest BCUT2D eigenvalue weighted by Crippen LogP contribution is -2.27. The molecule has 1 aromatic carbocycles. The molecule has 2 rings (SSSR count). The molecule has 2 nitrogen and oxygen atoms in total. The van der Waals surface area contributed by atoms with Crippen LogP contribution in [0.4, 0.5) is 10.1 Å². The van der Waals surface area contributed by atoms with Gasteiger partial charge in [-0.25, -0.2) is 4.39 Å². The summed E-state index contributed by atoms with van der Waals surface area (Å²) in [6, 6.07) is 4.70. The predicted molar refractivity (Wildman–Crippen MR) is 77.2 cm³/mol. The van der Waals surface area contributed by atoms with Gasteiger partial charge >= 0.3 is 0 Å². The smallest absolute Gasteiger partial charge is 0.125 e. The van der Waals surface area contributed by atoms with Crippen LogP contribution in [0.3, 0.4) is 0 Å². The predicted octanol–water partition coefficient (Wildman–Crippen LogP) is 3.13. The number of benzene rings is 1. The highest BCUT2D eigenvalue weighted by Gasteiger charge is 2.23. The number of rotatable bonds is 2. The van der Waals surface area contributed by atoms with Gasteiger partial charge in [-0.2, -0.15) is 11.8 Å². The van der Waals surface area contributed by atoms with E-state index in [1.54, 1.807) is 6.07 Å². The van der Waals surface area contributed by atoms with E-state index in [-0.39, 0.29) is 5.82 Å². The van der Waals surface area contributed by atoms with E-state index in [0.29, 0.717) is 10.4 Å². The highest BCUT2D eigenvalue weighted by Crippen LogP contribution is 2.31. The van der Waals surface area contributed by atoms with Crippen LogP contribution >= 0.6 is 11.8 Å². The molecule has 0 unspecified atom stereocenters. The number of hydrogen-bond donors (Lipinski definition) is 1. The van der Waals surface area contributed by atoms with Crippen LogP contribution in [0.15, 0.2) is 18.2 Å². The summed E-state index contributed by atoms with van der Waals surface area (Å²) >= 11 is 2.03. The molecule has 0 radical (unpaired) electrons. The minimum atomic E-state index is -0.260. The van der Waals surface area contributed by atoms with Crippen LogP contribution in [-0.2, 0) is 6.54 Å². The van der Waals surface area contributed by atoms with Crippen molar-refractivity contribution in [2.45, 2.75) is 31.6 Å². The summed E-state index contributed by atoms with van der Waals surface area (Å²) < 4.78 is 13.4. The standard InChI is InChI=1S/C14H21FN2S/c1-14(2)5-6-17(7-8-18-14)10-11-3-4-12(15)9-13(11)16/h3-4,9H,5-8,10,16H2,1-2H3. The van der Waals surface area contributed by atoms with Crippen molar-refractivity contribution < 1.29 is 4.39 Å². The molecule has 1 saturated heterocycles. The van der Waals surface area contributed by atoms with Crippen LogP contribution in [0.5, 0.6) is 0 Å². The van der Waals surface area contributed by atoms with E-state index >= 15 is 0 Å². The average molecular weight is 268 g/mol. The van der Waals surface area contributed by atoms with E-state index in [1.807, 2.05) is 11.8 Å². The highest BCUT2D eigenvalue weighted by molar-refractivity contribution is 8.00. The highest BCUT2D eigenvalue weighted by atomic mass is 32.2. The molecule has 18 heavy (non-hydrogen) atoms. The number of anilines is 1. The molecule has 2 N–H and O–H groups in total. The molecule has 100 valence electrons. The van der Waals surface area contributed by atoms with Crippen molar-refractivity contribution in [2.75, 3.05) is 24.6 Å². The average Bonchev–Trinajstić information content (AvgIpc) is 2.44. The van der Waals surface area contributed by atoms with Crippen LogP contribution < -0.4 is 5.73 Å². The fourth-order valence-electron chi connectivity index (χ4n) is 2.17. The zero-order valence-corrected chi connectivity index (χ0v) is 11.9. The van der Waals surface area contributed by atoms with E-state index in [0.717, 1.165) is 31.0 Å². The van der Waals surface area contributed by atoms with Crippen LogP contribution in [0.2, 0.25) is 0 Å². The van der Waals surface area contributed by atoms with Gasteiger partial charge in [0.1, 0.15) is 5.82 Å². The van der Waals surface area contributed by atoms with Gasteiger partial charge < -0.3 is 5.73 Å². The Morgan fingerprint density at radius 3 is 2.89 bits per heavy atom. The molecule has 0 saturated carbocycles. The first-order valence-electron chi connectivity index (χ1n) is 6.36. The molecule has 1 aliphatic rings. The van der Waals surface area contributed by atoms with Crippen LogP contribution in [0.1, 0.15) is 25.8 Å². The monoisotopic (exact) mass is 268 g/mol. The molecule has 0 aliphatic carbocycles. The van der Waals surface area contributed by atoms with Crippen molar-refractivity contribution in [3.05, 3.63) is 29.6 Å². The molecule has 1 heterocycles. The lowest BCUT2D eigenvalue weighted by atomic mass is 10.1. The molecule has 0 atom stereocenters. The SMILES string of the molecule is CC1(C)CCN(Cc2ccc(F)cc2N)CCS1. The Hall–Kier alpha value is -0.740. The molecule has 0 spiro atoms. The number of nitrogens with zero attached hydrogens (tertiary/aromatic N) is 1. The number of nitrogen functional groups attached to an aromatic ring is 1. The molecule has 1 aliphatic heterocycles. The minimum absolute atomic E-state index is 0.260. The van der Waals surface area contributed by atoms with Gasteiger partial charge in [-0.15, -0.1) is 0 Å². The maximum absolute atomic E-state index is 13.0. The topological polar surface area (TPSA) is 29.3 Å². The van der Waals surface area contributed by atoms with Gasteiger partial charge in [0.2, 0.25) is 0 Å². The first kappa shape index (κ1) is 13.7. The maximum Gasteiger partial charge on any atom is 0.125 e. The van der Waals surface area contributed by atoms with Crippen LogP contribution in [0, 0.1) is 5.82 Å². The fourth-order valence-corrected chi connectivity index (χ4v) is 3.31. The quantitative estimate of drug-likeness (QED) is 0.836. The van der Waals surface area contributed by atoms with Crippen LogP contribution in [0.25, 0.3) is 0 Å². The van der Waals surface area contributed by atoms with E-state index in [4.69, 9.17) is 5.73 Å². The van der Waals surface area contributed by atoms with Gasteiger partial charge in [-0.1, -0.05) is 19.9 Å². The van der Waals surface area contributed by atoms with Gasteiger partial charge in [0.15, 0.2) is 0 Å². The van der Waals surface area contributed by atoms with Gasteiger partial charge in [0, 0.05) is 29.3 Å². The van der Waals surface area contributed by atoms with E-state index in [2.05, 4.69) is 18.7 Å². The Balaban J connectivity index is 2.01. The van der Waals surface area contributed by atoms with Gasteiger partial charge in [-0.3, -0.25) is 4.90 Å². The molecule has 1 fully saturated rings.